The summed E-state index contributed by atoms with van der Waals surface area (Å²) in [5, 5.41) is 12.9. The van der Waals surface area contributed by atoms with Gasteiger partial charge in [-0.05, 0) is 19.9 Å². The van der Waals surface area contributed by atoms with Crippen molar-refractivity contribution in [2.24, 2.45) is 0 Å². The Balaban J connectivity index is 2.83. The van der Waals surface area contributed by atoms with Gasteiger partial charge in [-0.25, -0.2) is 4.79 Å². The maximum Gasteiger partial charge on any atom is 0.340 e. The third kappa shape index (κ3) is 3.92. The summed E-state index contributed by atoms with van der Waals surface area (Å²) < 4.78 is 4.93. The fourth-order valence-corrected chi connectivity index (χ4v) is 1.63. The largest absolute Gasteiger partial charge is 0.449 e. The van der Waals surface area contributed by atoms with Crippen molar-refractivity contribution in [2.75, 3.05) is 6.54 Å². The molecule has 1 atom stereocenters. The molecule has 0 aliphatic carbocycles. The molecule has 8 heteroatoms. The summed E-state index contributed by atoms with van der Waals surface area (Å²) in [5.74, 6) is -1.25. The second kappa shape index (κ2) is 6.85. The number of esters is 1. The molecular formula is C12H13ClN2O5. The van der Waals surface area contributed by atoms with Gasteiger partial charge in [-0.3, -0.25) is 14.9 Å². The SMILES string of the molecule is CCNC(=O)[C@@H](C)OC(=O)c1ccc([N+](=O)[O-])cc1Cl. The molecule has 1 rings (SSSR count). The summed E-state index contributed by atoms with van der Waals surface area (Å²) in [6.07, 6.45) is -0.978. The molecule has 108 valence electrons. The zero-order valence-electron chi connectivity index (χ0n) is 10.9. The van der Waals surface area contributed by atoms with E-state index in [0.717, 1.165) is 12.1 Å². The summed E-state index contributed by atoms with van der Waals surface area (Å²) in [5.41, 5.74) is -0.267. The Kier molecular flexibility index (Phi) is 5.45. The zero-order chi connectivity index (χ0) is 15.3. The van der Waals surface area contributed by atoms with Gasteiger partial charge in [0.05, 0.1) is 15.5 Å². The van der Waals surface area contributed by atoms with E-state index in [1.54, 1.807) is 6.92 Å². The second-order valence-electron chi connectivity index (χ2n) is 3.86. The highest BCUT2D eigenvalue weighted by molar-refractivity contribution is 6.33. The molecule has 0 aliphatic rings. The number of hydrogen-bond donors (Lipinski definition) is 1. The predicted molar refractivity (Wildman–Crippen MR) is 71.7 cm³/mol. The first-order chi connectivity index (χ1) is 9.36. The zero-order valence-corrected chi connectivity index (χ0v) is 11.6. The van der Waals surface area contributed by atoms with Gasteiger partial charge < -0.3 is 10.1 Å². The molecule has 0 aliphatic heterocycles. The minimum atomic E-state index is -0.978. The normalized spacial score (nSPS) is 11.6. The Morgan fingerprint density at radius 3 is 2.65 bits per heavy atom. The summed E-state index contributed by atoms with van der Waals surface area (Å²) in [6.45, 7) is 3.57. The van der Waals surface area contributed by atoms with Crippen LogP contribution >= 0.6 is 11.6 Å². The number of nitrogens with one attached hydrogen (secondary N) is 1. The van der Waals surface area contributed by atoms with Crippen LogP contribution in [0.2, 0.25) is 5.02 Å². The van der Waals surface area contributed by atoms with Gasteiger partial charge in [-0.15, -0.1) is 0 Å². The van der Waals surface area contributed by atoms with E-state index in [-0.39, 0.29) is 16.3 Å². The lowest BCUT2D eigenvalue weighted by molar-refractivity contribution is -0.384. The molecule has 7 nitrogen and oxygen atoms in total. The summed E-state index contributed by atoms with van der Waals surface area (Å²) in [6, 6.07) is 3.38. The van der Waals surface area contributed by atoms with Crippen LogP contribution in [-0.4, -0.2) is 29.4 Å². The highest BCUT2D eigenvalue weighted by Crippen LogP contribution is 2.23. The summed E-state index contributed by atoms with van der Waals surface area (Å²) >= 11 is 5.79. The molecule has 0 heterocycles. The van der Waals surface area contributed by atoms with Crippen molar-refractivity contribution in [3.8, 4) is 0 Å². The van der Waals surface area contributed by atoms with Crippen molar-refractivity contribution in [3.05, 3.63) is 38.9 Å². The van der Waals surface area contributed by atoms with Crippen molar-refractivity contribution in [1.29, 1.82) is 0 Å². The Bertz CT molecular complexity index is 547. The first kappa shape index (κ1) is 15.9. The van der Waals surface area contributed by atoms with Crippen molar-refractivity contribution in [1.82, 2.24) is 5.32 Å². The monoisotopic (exact) mass is 300 g/mol. The van der Waals surface area contributed by atoms with Crippen LogP contribution in [0.4, 0.5) is 5.69 Å². The molecule has 20 heavy (non-hydrogen) atoms. The number of rotatable bonds is 5. The average Bonchev–Trinajstić information content (AvgIpc) is 2.38. The molecule has 1 aromatic carbocycles. The third-order valence-electron chi connectivity index (χ3n) is 2.39. The summed E-state index contributed by atoms with van der Waals surface area (Å²) in [4.78, 5) is 33.2. The number of benzene rings is 1. The highest BCUT2D eigenvalue weighted by atomic mass is 35.5. The molecule has 0 saturated heterocycles. The van der Waals surface area contributed by atoms with Crippen molar-refractivity contribution in [3.63, 3.8) is 0 Å². The maximum absolute atomic E-state index is 11.8. The number of nitrogens with zero attached hydrogens (tertiary/aromatic N) is 1. The lowest BCUT2D eigenvalue weighted by atomic mass is 10.2. The Labute approximate surface area is 120 Å². The first-order valence-electron chi connectivity index (χ1n) is 5.79. The number of carbonyl (C=O) groups is 2. The molecular weight excluding hydrogens is 288 g/mol. The van der Waals surface area contributed by atoms with E-state index in [9.17, 15) is 19.7 Å². The summed E-state index contributed by atoms with van der Waals surface area (Å²) in [7, 11) is 0. The van der Waals surface area contributed by atoms with E-state index < -0.39 is 22.9 Å². The third-order valence-corrected chi connectivity index (χ3v) is 2.70. The molecule has 0 saturated carbocycles. The number of halogens is 1. The van der Waals surface area contributed by atoms with Gasteiger partial charge in [0.2, 0.25) is 0 Å². The van der Waals surface area contributed by atoms with Gasteiger partial charge in [0.1, 0.15) is 0 Å². The molecule has 0 bridgehead atoms. The molecule has 0 unspecified atom stereocenters. The predicted octanol–water partition coefficient (Wildman–Crippen LogP) is 1.93. The number of non-ortho nitro benzene ring substituents is 1. The number of likely N-dealkylation sites (N-methyl/N-ethyl adjacent to an activating group) is 1. The van der Waals surface area contributed by atoms with Crippen LogP contribution in [0.5, 0.6) is 0 Å². The van der Waals surface area contributed by atoms with E-state index in [4.69, 9.17) is 16.3 Å². The number of carbonyl (C=O) groups excluding carboxylic acids is 2. The number of hydrogen-bond acceptors (Lipinski definition) is 5. The molecule has 1 amide bonds. The van der Waals surface area contributed by atoms with Crippen LogP contribution in [0.15, 0.2) is 18.2 Å². The standard InChI is InChI=1S/C12H13ClN2O5/c1-3-14-11(16)7(2)20-12(17)9-5-4-8(15(18)19)6-10(9)13/h4-7H,3H2,1-2H3,(H,14,16)/t7-/m1/s1. The fraction of sp³-hybridized carbons (Fsp3) is 0.333. The van der Waals surface area contributed by atoms with Crippen LogP contribution in [0, 0.1) is 10.1 Å². The number of nitro groups is 1. The van der Waals surface area contributed by atoms with E-state index in [2.05, 4.69) is 5.32 Å². The topological polar surface area (TPSA) is 98.5 Å². The van der Waals surface area contributed by atoms with E-state index in [1.165, 1.54) is 13.0 Å². The van der Waals surface area contributed by atoms with Gasteiger partial charge in [0, 0.05) is 18.7 Å². The number of ether oxygens (including phenoxy) is 1. The molecule has 0 radical (unpaired) electrons. The molecule has 1 aromatic rings. The van der Waals surface area contributed by atoms with Crippen LogP contribution < -0.4 is 5.32 Å². The lowest BCUT2D eigenvalue weighted by Crippen LogP contribution is -2.35. The van der Waals surface area contributed by atoms with Crippen molar-refractivity contribution < 1.29 is 19.2 Å². The minimum Gasteiger partial charge on any atom is -0.449 e. The van der Waals surface area contributed by atoms with Gasteiger partial charge in [-0.1, -0.05) is 11.6 Å². The highest BCUT2D eigenvalue weighted by Gasteiger charge is 2.21. The Morgan fingerprint density at radius 2 is 2.15 bits per heavy atom. The molecule has 1 N–H and O–H groups in total. The Hall–Kier alpha value is -2.15. The van der Waals surface area contributed by atoms with Crippen LogP contribution in [0.1, 0.15) is 24.2 Å². The van der Waals surface area contributed by atoms with Crippen molar-refractivity contribution in [2.45, 2.75) is 20.0 Å². The Morgan fingerprint density at radius 1 is 1.50 bits per heavy atom. The van der Waals surface area contributed by atoms with Crippen molar-refractivity contribution >= 4 is 29.2 Å². The number of amides is 1. The first-order valence-corrected chi connectivity index (χ1v) is 6.17. The smallest absolute Gasteiger partial charge is 0.340 e. The van der Waals surface area contributed by atoms with Gasteiger partial charge in [0.15, 0.2) is 6.10 Å². The fourth-order valence-electron chi connectivity index (χ4n) is 1.38. The molecule has 0 aromatic heterocycles. The van der Waals surface area contributed by atoms with Gasteiger partial charge in [0.25, 0.3) is 11.6 Å². The average molecular weight is 301 g/mol. The van der Waals surface area contributed by atoms with E-state index in [0.29, 0.717) is 6.54 Å². The van der Waals surface area contributed by atoms with Gasteiger partial charge in [-0.2, -0.15) is 0 Å². The molecule has 0 spiro atoms. The van der Waals surface area contributed by atoms with Crippen LogP contribution in [0.25, 0.3) is 0 Å². The number of nitro benzene ring substituents is 1. The maximum atomic E-state index is 11.8. The van der Waals surface area contributed by atoms with Crippen LogP contribution in [0.3, 0.4) is 0 Å². The molecule has 0 fully saturated rings. The lowest BCUT2D eigenvalue weighted by Gasteiger charge is -2.13. The van der Waals surface area contributed by atoms with Crippen LogP contribution in [-0.2, 0) is 9.53 Å². The van der Waals surface area contributed by atoms with Gasteiger partial charge >= 0.3 is 5.97 Å². The minimum absolute atomic E-state index is 0.0339. The van der Waals surface area contributed by atoms with E-state index in [1.807, 2.05) is 0 Å². The van der Waals surface area contributed by atoms with E-state index >= 15 is 0 Å². The second-order valence-corrected chi connectivity index (χ2v) is 4.27. The quantitative estimate of drug-likeness (QED) is 0.509.